The fraction of sp³-hybridized carbons (Fsp3) is 0.286. The molecule has 1 unspecified atom stereocenters. The summed E-state index contributed by atoms with van der Waals surface area (Å²) >= 11 is 5.80. The molecule has 0 saturated heterocycles. The molecule has 5 nitrogen and oxygen atoms in total. The summed E-state index contributed by atoms with van der Waals surface area (Å²) < 4.78 is 0. The molecule has 2 aromatic rings. The van der Waals surface area contributed by atoms with Gasteiger partial charge in [-0.1, -0.05) is 11.6 Å². The number of hydrogen-bond acceptors (Lipinski definition) is 4. The van der Waals surface area contributed by atoms with Gasteiger partial charge in [-0.05, 0) is 37.0 Å². The Labute approximate surface area is 120 Å². The number of carbonyl (C=O) groups is 1. The van der Waals surface area contributed by atoms with E-state index in [0.717, 1.165) is 11.3 Å². The lowest BCUT2D eigenvalue weighted by atomic mass is 9.87. The van der Waals surface area contributed by atoms with Crippen LogP contribution in [0.15, 0.2) is 24.5 Å². The van der Waals surface area contributed by atoms with Gasteiger partial charge in [0.2, 0.25) is 0 Å². The fourth-order valence-corrected chi connectivity index (χ4v) is 2.46. The minimum atomic E-state index is -0.751. The number of halogens is 1. The maximum Gasteiger partial charge on any atom is 0.306 e. The number of nitrogens with zero attached hydrogens (tertiary/aromatic N) is 3. The standard InChI is InChI=1S/C14H12ClN3O2/c15-10-2-4-12(16-7-10)13-17-6-9-5-8(14(19)20)1-3-11(9)18-13/h2,4,6-8H,1,3,5H2,(H,19,20). The van der Waals surface area contributed by atoms with E-state index in [4.69, 9.17) is 16.7 Å². The van der Waals surface area contributed by atoms with Gasteiger partial charge >= 0.3 is 5.97 Å². The average molecular weight is 290 g/mol. The summed E-state index contributed by atoms with van der Waals surface area (Å²) in [5, 5.41) is 9.62. The number of hydrogen-bond donors (Lipinski definition) is 1. The first-order valence-corrected chi connectivity index (χ1v) is 6.71. The third-order valence-electron chi connectivity index (χ3n) is 3.46. The molecule has 0 radical (unpaired) electrons. The van der Waals surface area contributed by atoms with Crippen LogP contribution in [0.5, 0.6) is 0 Å². The number of aliphatic carboxylic acids is 1. The molecule has 6 heteroatoms. The van der Waals surface area contributed by atoms with E-state index in [1.165, 1.54) is 0 Å². The van der Waals surface area contributed by atoms with Gasteiger partial charge in [0.05, 0.1) is 10.9 Å². The minimum Gasteiger partial charge on any atom is -0.481 e. The lowest BCUT2D eigenvalue weighted by Crippen LogP contribution is -2.23. The van der Waals surface area contributed by atoms with Crippen LogP contribution in [0.3, 0.4) is 0 Å². The Morgan fingerprint density at radius 2 is 2.15 bits per heavy atom. The first-order chi connectivity index (χ1) is 9.63. The highest BCUT2D eigenvalue weighted by Gasteiger charge is 2.25. The SMILES string of the molecule is O=C(O)C1CCc2nc(-c3ccc(Cl)cn3)ncc2C1. The van der Waals surface area contributed by atoms with Crippen LogP contribution >= 0.6 is 11.6 Å². The van der Waals surface area contributed by atoms with Gasteiger partial charge in [-0.3, -0.25) is 9.78 Å². The van der Waals surface area contributed by atoms with Crippen molar-refractivity contribution in [3.63, 3.8) is 0 Å². The lowest BCUT2D eigenvalue weighted by Gasteiger charge is -2.20. The van der Waals surface area contributed by atoms with E-state index in [2.05, 4.69) is 15.0 Å². The van der Waals surface area contributed by atoms with Crippen molar-refractivity contribution in [1.82, 2.24) is 15.0 Å². The van der Waals surface area contributed by atoms with Crippen LogP contribution < -0.4 is 0 Å². The Morgan fingerprint density at radius 3 is 2.85 bits per heavy atom. The quantitative estimate of drug-likeness (QED) is 0.918. The van der Waals surface area contributed by atoms with Gasteiger partial charge in [-0.25, -0.2) is 9.97 Å². The summed E-state index contributed by atoms with van der Waals surface area (Å²) in [5.74, 6) is -0.529. The van der Waals surface area contributed by atoms with Crippen molar-refractivity contribution < 1.29 is 9.90 Å². The highest BCUT2D eigenvalue weighted by atomic mass is 35.5. The zero-order valence-electron chi connectivity index (χ0n) is 10.6. The van der Waals surface area contributed by atoms with E-state index in [-0.39, 0.29) is 5.92 Å². The molecule has 1 N–H and O–H groups in total. The Morgan fingerprint density at radius 1 is 1.30 bits per heavy atom. The predicted molar refractivity (Wildman–Crippen MR) is 73.4 cm³/mol. The number of aromatic nitrogens is 3. The maximum atomic E-state index is 11.0. The molecule has 1 aliphatic carbocycles. The predicted octanol–water partition coefficient (Wildman–Crippen LogP) is 2.38. The van der Waals surface area contributed by atoms with Gasteiger partial charge in [-0.15, -0.1) is 0 Å². The molecule has 0 saturated carbocycles. The van der Waals surface area contributed by atoms with Crippen LogP contribution in [-0.4, -0.2) is 26.0 Å². The van der Waals surface area contributed by atoms with Crippen LogP contribution in [0, 0.1) is 5.92 Å². The Kier molecular flexibility index (Phi) is 3.36. The summed E-state index contributed by atoms with van der Waals surface area (Å²) in [6.07, 6.45) is 5.05. The van der Waals surface area contributed by atoms with Gasteiger partial charge in [0, 0.05) is 18.1 Å². The van der Waals surface area contributed by atoms with Crippen LogP contribution in [0.25, 0.3) is 11.5 Å². The monoisotopic (exact) mass is 289 g/mol. The van der Waals surface area contributed by atoms with Gasteiger partial charge in [0.1, 0.15) is 5.69 Å². The second kappa shape index (κ2) is 5.17. The Bertz CT molecular complexity index is 658. The molecule has 3 rings (SSSR count). The largest absolute Gasteiger partial charge is 0.481 e. The van der Waals surface area contributed by atoms with Crippen LogP contribution in [0.4, 0.5) is 0 Å². The topological polar surface area (TPSA) is 76.0 Å². The Balaban J connectivity index is 1.91. The molecule has 1 atom stereocenters. The van der Waals surface area contributed by atoms with Crippen molar-refractivity contribution in [2.45, 2.75) is 19.3 Å². The van der Waals surface area contributed by atoms with Crippen molar-refractivity contribution in [3.8, 4) is 11.5 Å². The first kappa shape index (κ1) is 13.0. The number of rotatable bonds is 2. The zero-order valence-corrected chi connectivity index (χ0v) is 11.3. The van der Waals surface area contributed by atoms with E-state index < -0.39 is 5.97 Å². The third-order valence-corrected chi connectivity index (χ3v) is 3.68. The minimum absolute atomic E-state index is 0.328. The molecule has 0 amide bonds. The molecule has 2 aromatic heterocycles. The smallest absolute Gasteiger partial charge is 0.306 e. The van der Waals surface area contributed by atoms with E-state index in [0.29, 0.717) is 35.8 Å². The average Bonchev–Trinajstić information content (AvgIpc) is 2.47. The normalized spacial score (nSPS) is 17.6. The van der Waals surface area contributed by atoms with Crippen LogP contribution in [0.1, 0.15) is 17.7 Å². The summed E-state index contributed by atoms with van der Waals surface area (Å²) in [6, 6.07) is 3.51. The van der Waals surface area contributed by atoms with E-state index in [1.54, 1.807) is 24.5 Å². The van der Waals surface area contributed by atoms with Crippen molar-refractivity contribution in [3.05, 3.63) is 40.8 Å². The van der Waals surface area contributed by atoms with E-state index >= 15 is 0 Å². The molecular weight excluding hydrogens is 278 g/mol. The molecule has 0 spiro atoms. The fourth-order valence-electron chi connectivity index (χ4n) is 2.35. The number of carboxylic acid groups (broad SMARTS) is 1. The highest BCUT2D eigenvalue weighted by molar-refractivity contribution is 6.30. The summed E-state index contributed by atoms with van der Waals surface area (Å²) in [7, 11) is 0. The van der Waals surface area contributed by atoms with Crippen LogP contribution in [0.2, 0.25) is 5.02 Å². The van der Waals surface area contributed by atoms with Crippen molar-refractivity contribution in [2.75, 3.05) is 0 Å². The Hall–Kier alpha value is -2.01. The highest BCUT2D eigenvalue weighted by Crippen LogP contribution is 2.25. The molecular formula is C14H12ClN3O2. The molecule has 0 aromatic carbocycles. The van der Waals surface area contributed by atoms with Gasteiger partial charge < -0.3 is 5.11 Å². The summed E-state index contributed by atoms with van der Waals surface area (Å²) in [5.41, 5.74) is 2.50. The number of pyridine rings is 1. The number of aryl methyl sites for hydroxylation is 1. The third kappa shape index (κ3) is 2.49. The molecule has 20 heavy (non-hydrogen) atoms. The van der Waals surface area contributed by atoms with Crippen molar-refractivity contribution >= 4 is 17.6 Å². The second-order valence-corrected chi connectivity index (χ2v) is 5.24. The molecule has 102 valence electrons. The molecule has 1 aliphatic rings. The van der Waals surface area contributed by atoms with Crippen molar-refractivity contribution in [1.29, 1.82) is 0 Å². The molecule has 0 fully saturated rings. The number of carboxylic acids is 1. The first-order valence-electron chi connectivity index (χ1n) is 6.33. The number of fused-ring (bicyclic) bond motifs is 1. The van der Waals surface area contributed by atoms with Crippen molar-refractivity contribution in [2.24, 2.45) is 5.92 Å². The van der Waals surface area contributed by atoms with Crippen LogP contribution in [-0.2, 0) is 17.6 Å². The second-order valence-electron chi connectivity index (χ2n) is 4.81. The molecule has 2 heterocycles. The summed E-state index contributed by atoms with van der Waals surface area (Å²) in [6.45, 7) is 0. The van der Waals surface area contributed by atoms with E-state index in [1.807, 2.05) is 0 Å². The molecule has 0 bridgehead atoms. The van der Waals surface area contributed by atoms with Gasteiger partial charge in [-0.2, -0.15) is 0 Å². The molecule has 0 aliphatic heterocycles. The lowest BCUT2D eigenvalue weighted by molar-refractivity contribution is -0.142. The van der Waals surface area contributed by atoms with E-state index in [9.17, 15) is 4.79 Å². The maximum absolute atomic E-state index is 11.0. The van der Waals surface area contributed by atoms with Gasteiger partial charge in [0.15, 0.2) is 5.82 Å². The van der Waals surface area contributed by atoms with Gasteiger partial charge in [0.25, 0.3) is 0 Å². The summed E-state index contributed by atoms with van der Waals surface area (Å²) in [4.78, 5) is 24.0. The zero-order chi connectivity index (χ0) is 14.1.